The molecule has 7 nitrogen and oxygen atoms in total. The van der Waals surface area contributed by atoms with Gasteiger partial charge in [-0.25, -0.2) is 0 Å². The number of hydrogen-bond acceptors (Lipinski definition) is 5. The van der Waals surface area contributed by atoms with Crippen molar-refractivity contribution >= 4 is 40.6 Å². The van der Waals surface area contributed by atoms with Crippen LogP contribution >= 0.6 is 11.6 Å². The third kappa shape index (κ3) is 2.96. The van der Waals surface area contributed by atoms with Gasteiger partial charge in [0.05, 0.1) is 5.57 Å². The molecule has 0 unspecified atom stereocenters. The van der Waals surface area contributed by atoms with E-state index in [-0.39, 0.29) is 12.1 Å². The summed E-state index contributed by atoms with van der Waals surface area (Å²) in [5, 5.41) is 11.6. The van der Waals surface area contributed by atoms with Crippen molar-refractivity contribution in [2.75, 3.05) is 32.2 Å². The molecule has 1 N–H and O–H groups in total. The Morgan fingerprint density at radius 1 is 1.10 bits per heavy atom. The summed E-state index contributed by atoms with van der Waals surface area (Å²) in [6.45, 7) is 0.464. The number of hydrogen-bond donors (Lipinski definition) is 1. The zero-order valence-corrected chi connectivity index (χ0v) is 17.8. The van der Waals surface area contributed by atoms with E-state index >= 15 is 0 Å². The fourth-order valence-corrected chi connectivity index (χ4v) is 4.52. The van der Waals surface area contributed by atoms with Crippen molar-refractivity contribution in [3.05, 3.63) is 70.3 Å². The number of anilines is 1. The van der Waals surface area contributed by atoms with E-state index < -0.39 is 28.9 Å². The van der Waals surface area contributed by atoms with Crippen LogP contribution in [-0.4, -0.2) is 54.9 Å². The van der Waals surface area contributed by atoms with E-state index in [2.05, 4.69) is 0 Å². The zero-order valence-electron chi connectivity index (χ0n) is 17.1. The Kier molecular flexibility index (Phi) is 5.33. The van der Waals surface area contributed by atoms with Crippen LogP contribution in [0.1, 0.15) is 17.5 Å². The maximum atomic E-state index is 13.7. The van der Waals surface area contributed by atoms with Gasteiger partial charge in [0, 0.05) is 49.1 Å². The first-order valence-electron chi connectivity index (χ1n) is 9.78. The number of methoxy groups -OCH3 is 1. The molecular weight excluding hydrogens is 420 g/mol. The lowest BCUT2D eigenvalue weighted by Gasteiger charge is -2.34. The van der Waals surface area contributed by atoms with E-state index in [0.717, 1.165) is 0 Å². The number of likely N-dealkylation sites (N-methyl/N-ethyl adjacent to an activating group) is 1. The number of rotatable bonds is 5. The van der Waals surface area contributed by atoms with Crippen LogP contribution in [0.25, 0.3) is 5.76 Å². The third-order valence-electron chi connectivity index (χ3n) is 5.79. The van der Waals surface area contributed by atoms with Gasteiger partial charge < -0.3 is 19.6 Å². The van der Waals surface area contributed by atoms with Gasteiger partial charge in [0.25, 0.3) is 17.6 Å². The molecule has 2 aliphatic heterocycles. The van der Waals surface area contributed by atoms with E-state index in [1.165, 1.54) is 16.9 Å². The lowest BCUT2D eigenvalue weighted by atomic mass is 9.82. The minimum atomic E-state index is -1.74. The molecule has 0 aromatic heterocycles. The van der Waals surface area contributed by atoms with Gasteiger partial charge in [-0.1, -0.05) is 29.8 Å². The van der Waals surface area contributed by atoms with Gasteiger partial charge in [-0.2, -0.15) is 0 Å². The molecule has 2 aliphatic rings. The Bertz CT molecular complexity index is 1110. The molecular formula is C23H21ClN2O5. The van der Waals surface area contributed by atoms with Crippen LogP contribution in [0.15, 0.2) is 54.1 Å². The monoisotopic (exact) mass is 440 g/mol. The van der Waals surface area contributed by atoms with Crippen molar-refractivity contribution in [2.45, 2.75) is 12.0 Å². The first kappa shape index (κ1) is 21.1. The highest BCUT2D eigenvalue weighted by Gasteiger charge is 2.66. The number of ketones is 1. The number of amides is 2. The zero-order chi connectivity index (χ0) is 22.3. The van der Waals surface area contributed by atoms with Gasteiger partial charge in [0.2, 0.25) is 0 Å². The van der Waals surface area contributed by atoms with E-state index in [1.54, 1.807) is 55.6 Å². The number of fused-ring (bicyclic) bond motifs is 2. The fraction of sp³-hybridized carbons (Fsp3) is 0.261. The molecule has 0 radical (unpaired) electrons. The second-order valence-corrected chi connectivity index (χ2v) is 7.89. The molecule has 0 aliphatic carbocycles. The van der Waals surface area contributed by atoms with Crippen molar-refractivity contribution in [3.63, 3.8) is 0 Å². The topological polar surface area (TPSA) is 87.1 Å². The molecule has 2 amide bonds. The number of carbonyl (C=O) groups is 3. The highest BCUT2D eigenvalue weighted by Crippen LogP contribution is 2.53. The first-order chi connectivity index (χ1) is 14.9. The number of ether oxygens (including phenoxy) is 1. The smallest absolute Gasteiger partial charge is 0.296 e. The Morgan fingerprint density at radius 2 is 1.77 bits per heavy atom. The number of benzene rings is 2. The van der Waals surface area contributed by atoms with Crippen LogP contribution < -0.4 is 4.90 Å². The Balaban J connectivity index is 2.01. The second-order valence-electron chi connectivity index (χ2n) is 7.45. The van der Waals surface area contributed by atoms with Crippen molar-refractivity contribution in [1.29, 1.82) is 0 Å². The number of Topliss-reactive ketones (excluding diaryl/α,β-unsaturated/α-hetero) is 1. The molecule has 1 atom stereocenters. The summed E-state index contributed by atoms with van der Waals surface area (Å²) in [5.41, 5.74) is -0.628. The molecule has 1 fully saturated rings. The molecule has 8 heteroatoms. The maximum Gasteiger partial charge on any atom is 0.296 e. The van der Waals surface area contributed by atoms with Crippen LogP contribution in [0.5, 0.6) is 0 Å². The van der Waals surface area contributed by atoms with Gasteiger partial charge in [-0.3, -0.25) is 14.4 Å². The van der Waals surface area contributed by atoms with Crippen molar-refractivity contribution < 1.29 is 24.2 Å². The molecule has 1 saturated heterocycles. The van der Waals surface area contributed by atoms with E-state index in [9.17, 15) is 19.5 Å². The number of aliphatic hydroxyl groups is 1. The number of nitrogens with zero attached hydrogens (tertiary/aromatic N) is 2. The summed E-state index contributed by atoms with van der Waals surface area (Å²) in [7, 11) is 3.13. The second kappa shape index (κ2) is 7.83. The number of halogens is 1. The highest BCUT2D eigenvalue weighted by molar-refractivity contribution is 6.50. The van der Waals surface area contributed by atoms with Gasteiger partial charge in [0.15, 0.2) is 5.54 Å². The van der Waals surface area contributed by atoms with Gasteiger partial charge in [-0.15, -0.1) is 0 Å². The summed E-state index contributed by atoms with van der Waals surface area (Å²) in [6.07, 6.45) is 0.422. The predicted octanol–water partition coefficient (Wildman–Crippen LogP) is 2.93. The third-order valence-corrected chi connectivity index (χ3v) is 6.04. The van der Waals surface area contributed by atoms with Crippen LogP contribution in [0, 0.1) is 0 Å². The number of para-hydroxylation sites is 1. The lowest BCUT2D eigenvalue weighted by Crippen LogP contribution is -2.51. The molecule has 4 rings (SSSR count). The predicted molar refractivity (Wildman–Crippen MR) is 116 cm³/mol. The molecule has 1 spiro atoms. The Morgan fingerprint density at radius 3 is 2.45 bits per heavy atom. The fourth-order valence-electron chi connectivity index (χ4n) is 4.39. The molecule has 2 aromatic rings. The quantitative estimate of drug-likeness (QED) is 0.334. The summed E-state index contributed by atoms with van der Waals surface area (Å²) in [4.78, 5) is 42.7. The summed E-state index contributed by atoms with van der Waals surface area (Å²) in [6, 6.07) is 13.2. The minimum absolute atomic E-state index is 0.115. The van der Waals surface area contributed by atoms with Crippen LogP contribution in [0.3, 0.4) is 0 Å². The lowest BCUT2D eigenvalue weighted by molar-refractivity contribution is -0.143. The Labute approximate surface area is 184 Å². The molecule has 2 heterocycles. The Hall–Kier alpha value is -3.16. The van der Waals surface area contributed by atoms with Crippen LogP contribution in [-0.2, 0) is 24.7 Å². The van der Waals surface area contributed by atoms with E-state index in [1.807, 2.05) is 0 Å². The van der Waals surface area contributed by atoms with Crippen molar-refractivity contribution in [2.24, 2.45) is 0 Å². The number of likely N-dealkylation sites (tertiary alicyclic amines) is 1. The average molecular weight is 441 g/mol. The molecule has 0 saturated carbocycles. The summed E-state index contributed by atoms with van der Waals surface area (Å²) < 4.78 is 5.09. The normalized spacial score (nSPS) is 22.0. The largest absolute Gasteiger partial charge is 0.507 e. The molecule has 0 bridgehead atoms. The average Bonchev–Trinajstić information content (AvgIpc) is 3.13. The van der Waals surface area contributed by atoms with Gasteiger partial charge in [-0.05, 0) is 36.8 Å². The SMILES string of the molecule is COCCCN1C(=O)C(=O)C(=C(O)c2ccc(Cl)cc2)[C@]12C(=O)N(C)c1ccccc12. The maximum absolute atomic E-state index is 13.7. The number of carbonyl (C=O) groups excluding carboxylic acids is 3. The number of aliphatic hydroxyl groups excluding tert-OH is 1. The molecule has 31 heavy (non-hydrogen) atoms. The van der Waals surface area contributed by atoms with Gasteiger partial charge in [0.1, 0.15) is 5.76 Å². The minimum Gasteiger partial charge on any atom is -0.507 e. The van der Waals surface area contributed by atoms with Crippen molar-refractivity contribution in [3.8, 4) is 0 Å². The standard InChI is InChI=1S/C23H21ClN2O5/c1-25-17-7-4-3-6-16(17)23(22(25)30)18(19(27)14-8-10-15(24)11-9-14)20(28)21(29)26(23)12-5-13-31-2/h3-4,6-11,27H,5,12-13H2,1-2H3/t23-/m1/s1. The van der Waals surface area contributed by atoms with E-state index in [4.69, 9.17) is 16.3 Å². The highest BCUT2D eigenvalue weighted by atomic mass is 35.5. The van der Waals surface area contributed by atoms with E-state index in [0.29, 0.717) is 34.9 Å². The van der Waals surface area contributed by atoms with Gasteiger partial charge >= 0.3 is 0 Å². The molecule has 2 aromatic carbocycles. The molecule has 160 valence electrons. The van der Waals surface area contributed by atoms with Crippen LogP contribution in [0.4, 0.5) is 5.69 Å². The first-order valence-corrected chi connectivity index (χ1v) is 10.2. The summed E-state index contributed by atoms with van der Waals surface area (Å²) >= 11 is 5.95. The summed E-state index contributed by atoms with van der Waals surface area (Å²) in [5.74, 6) is -2.61. The van der Waals surface area contributed by atoms with Crippen LogP contribution in [0.2, 0.25) is 5.02 Å². The van der Waals surface area contributed by atoms with Crippen molar-refractivity contribution in [1.82, 2.24) is 4.90 Å².